The summed E-state index contributed by atoms with van der Waals surface area (Å²) in [6.45, 7) is 0.627. The van der Waals surface area contributed by atoms with Crippen LogP contribution in [0.5, 0.6) is 0 Å². The molecule has 0 aromatic carbocycles. The number of piperidine rings is 1. The van der Waals surface area contributed by atoms with Gasteiger partial charge in [0.05, 0.1) is 5.56 Å². The first-order chi connectivity index (χ1) is 8.65. The number of aldehydes is 1. The van der Waals surface area contributed by atoms with Crippen LogP contribution in [-0.2, 0) is 4.79 Å². The van der Waals surface area contributed by atoms with Gasteiger partial charge in [-0.3, -0.25) is 9.59 Å². The molecule has 0 spiro atoms. The van der Waals surface area contributed by atoms with Gasteiger partial charge >= 0.3 is 0 Å². The zero-order chi connectivity index (χ0) is 13.1. The summed E-state index contributed by atoms with van der Waals surface area (Å²) in [7, 11) is 0. The summed E-state index contributed by atoms with van der Waals surface area (Å²) in [4.78, 5) is 32.1. The predicted molar refractivity (Wildman–Crippen MR) is 66.6 cm³/mol. The molecule has 1 fully saturated rings. The highest BCUT2D eigenvalue weighted by Gasteiger charge is 2.30. The molecule has 2 heterocycles. The van der Waals surface area contributed by atoms with Crippen molar-refractivity contribution >= 4 is 29.6 Å². The number of carbonyl (C=O) groups is 2. The fourth-order valence-electron chi connectivity index (χ4n) is 2.18. The fourth-order valence-corrected chi connectivity index (χ4v) is 2.35. The number of aromatic nitrogens is 2. The molecule has 1 aromatic heterocycles. The van der Waals surface area contributed by atoms with Crippen molar-refractivity contribution in [2.45, 2.75) is 25.3 Å². The van der Waals surface area contributed by atoms with Crippen LogP contribution in [0.25, 0.3) is 0 Å². The largest absolute Gasteiger partial charge is 0.368 e. The minimum atomic E-state index is -0.441. The van der Waals surface area contributed by atoms with Gasteiger partial charge in [0.15, 0.2) is 6.29 Å². The quantitative estimate of drug-likeness (QED) is 0.647. The first-order valence-electron chi connectivity index (χ1n) is 5.66. The second kappa shape index (κ2) is 5.30. The van der Waals surface area contributed by atoms with Gasteiger partial charge in [0.25, 0.3) is 0 Å². The van der Waals surface area contributed by atoms with E-state index in [1.165, 1.54) is 6.33 Å². The number of nitrogens with zero attached hydrogens (tertiary/aromatic N) is 3. The van der Waals surface area contributed by atoms with E-state index >= 15 is 0 Å². The Hall–Kier alpha value is -1.69. The van der Waals surface area contributed by atoms with E-state index in [1.807, 2.05) is 0 Å². The maximum Gasteiger partial charge on any atom is 0.240 e. The molecule has 1 unspecified atom stereocenters. The minimum absolute atomic E-state index is 0.0868. The van der Waals surface area contributed by atoms with Crippen molar-refractivity contribution in [2.24, 2.45) is 5.73 Å². The molecule has 0 saturated carbocycles. The first kappa shape index (κ1) is 12.8. The molecule has 2 N–H and O–H groups in total. The number of anilines is 1. The average Bonchev–Trinajstić information content (AvgIpc) is 2.38. The molecule has 18 heavy (non-hydrogen) atoms. The van der Waals surface area contributed by atoms with Crippen LogP contribution in [0.15, 0.2) is 6.33 Å². The molecule has 1 saturated heterocycles. The third-order valence-electron chi connectivity index (χ3n) is 3.04. The van der Waals surface area contributed by atoms with Crippen molar-refractivity contribution in [2.75, 3.05) is 11.4 Å². The maximum atomic E-state index is 11.4. The molecule has 0 bridgehead atoms. The van der Waals surface area contributed by atoms with E-state index in [4.69, 9.17) is 17.3 Å². The summed E-state index contributed by atoms with van der Waals surface area (Å²) in [6.07, 6.45) is 4.39. The minimum Gasteiger partial charge on any atom is -0.368 e. The van der Waals surface area contributed by atoms with E-state index in [2.05, 4.69) is 9.97 Å². The Kier molecular flexibility index (Phi) is 3.76. The number of amides is 1. The molecule has 6 nitrogen and oxygen atoms in total. The zero-order valence-corrected chi connectivity index (χ0v) is 10.4. The van der Waals surface area contributed by atoms with E-state index in [0.717, 1.165) is 12.8 Å². The summed E-state index contributed by atoms with van der Waals surface area (Å²) >= 11 is 5.85. The highest BCUT2D eigenvalue weighted by Crippen LogP contribution is 2.27. The summed E-state index contributed by atoms with van der Waals surface area (Å²) < 4.78 is 0. The van der Waals surface area contributed by atoms with Crippen molar-refractivity contribution in [3.05, 3.63) is 17.0 Å². The van der Waals surface area contributed by atoms with Gasteiger partial charge in [-0.25, -0.2) is 9.97 Å². The van der Waals surface area contributed by atoms with E-state index in [1.54, 1.807) is 4.90 Å². The third kappa shape index (κ3) is 2.28. The van der Waals surface area contributed by atoms with Crippen LogP contribution in [0.2, 0.25) is 5.15 Å². The zero-order valence-electron chi connectivity index (χ0n) is 9.67. The lowest BCUT2D eigenvalue weighted by molar-refractivity contribution is -0.119. The van der Waals surface area contributed by atoms with Gasteiger partial charge in [0, 0.05) is 6.54 Å². The van der Waals surface area contributed by atoms with Crippen LogP contribution in [0.1, 0.15) is 29.6 Å². The van der Waals surface area contributed by atoms with Gasteiger partial charge in [0.2, 0.25) is 5.91 Å². The van der Waals surface area contributed by atoms with Crippen molar-refractivity contribution in [3.8, 4) is 0 Å². The van der Waals surface area contributed by atoms with E-state index < -0.39 is 11.9 Å². The lowest BCUT2D eigenvalue weighted by atomic mass is 10.0. The molecular weight excluding hydrogens is 256 g/mol. The van der Waals surface area contributed by atoms with Gasteiger partial charge < -0.3 is 10.6 Å². The second-order valence-electron chi connectivity index (χ2n) is 4.13. The normalized spacial score (nSPS) is 19.6. The first-order valence-corrected chi connectivity index (χ1v) is 6.04. The van der Waals surface area contributed by atoms with E-state index in [9.17, 15) is 9.59 Å². The number of primary amides is 1. The van der Waals surface area contributed by atoms with Gasteiger partial charge in [-0.1, -0.05) is 11.6 Å². The Morgan fingerprint density at radius 2 is 2.28 bits per heavy atom. The summed E-state index contributed by atoms with van der Waals surface area (Å²) in [6, 6.07) is -0.441. The van der Waals surface area contributed by atoms with Crippen molar-refractivity contribution in [1.29, 1.82) is 0 Å². The van der Waals surface area contributed by atoms with Crippen LogP contribution in [-0.4, -0.2) is 34.7 Å². The number of halogens is 1. The van der Waals surface area contributed by atoms with E-state index in [-0.39, 0.29) is 10.7 Å². The molecule has 1 atom stereocenters. The second-order valence-corrected chi connectivity index (χ2v) is 4.48. The van der Waals surface area contributed by atoms with Crippen LogP contribution < -0.4 is 10.6 Å². The van der Waals surface area contributed by atoms with Crippen molar-refractivity contribution < 1.29 is 9.59 Å². The number of carbonyl (C=O) groups excluding carboxylic acids is 2. The number of hydrogen-bond donors (Lipinski definition) is 1. The monoisotopic (exact) mass is 268 g/mol. The topological polar surface area (TPSA) is 89.2 Å². The molecule has 7 heteroatoms. The Morgan fingerprint density at radius 1 is 1.50 bits per heavy atom. The van der Waals surface area contributed by atoms with Crippen LogP contribution >= 0.6 is 11.6 Å². The lowest BCUT2D eigenvalue weighted by Crippen LogP contribution is -2.48. The highest BCUT2D eigenvalue weighted by molar-refractivity contribution is 6.32. The van der Waals surface area contributed by atoms with E-state index in [0.29, 0.717) is 25.1 Å². The van der Waals surface area contributed by atoms with Gasteiger partial charge in [-0.15, -0.1) is 0 Å². The average molecular weight is 269 g/mol. The molecule has 1 aliphatic rings. The Morgan fingerprint density at radius 3 is 2.94 bits per heavy atom. The number of nitrogens with two attached hydrogens (primary N) is 1. The van der Waals surface area contributed by atoms with Gasteiger partial charge in [0.1, 0.15) is 23.3 Å². The standard InChI is InChI=1S/C11H13ClN4O2/c12-9-7(5-17)11(15-6-14-9)16-4-2-1-3-8(16)10(13)18/h5-6,8H,1-4H2,(H2,13,18). The Bertz CT molecular complexity index is 480. The Balaban J connectivity index is 2.42. The fraction of sp³-hybridized carbons (Fsp3) is 0.455. The molecule has 0 radical (unpaired) electrons. The molecule has 96 valence electrons. The summed E-state index contributed by atoms with van der Waals surface area (Å²) in [5.41, 5.74) is 5.58. The predicted octanol–water partition coefficient (Wildman–Crippen LogP) is 0.787. The molecule has 1 aliphatic heterocycles. The summed E-state index contributed by atoms with van der Waals surface area (Å²) in [5.74, 6) is -0.0326. The highest BCUT2D eigenvalue weighted by atomic mass is 35.5. The molecule has 2 rings (SSSR count). The van der Waals surface area contributed by atoms with Crippen LogP contribution in [0, 0.1) is 0 Å². The summed E-state index contributed by atoms with van der Waals surface area (Å²) in [5, 5.41) is 0.0868. The van der Waals surface area contributed by atoms with Crippen LogP contribution in [0.4, 0.5) is 5.82 Å². The maximum absolute atomic E-state index is 11.4. The Labute approximate surface area is 109 Å². The molecule has 1 amide bonds. The van der Waals surface area contributed by atoms with Gasteiger partial charge in [-0.05, 0) is 19.3 Å². The molecule has 1 aromatic rings. The van der Waals surface area contributed by atoms with Crippen LogP contribution in [0.3, 0.4) is 0 Å². The van der Waals surface area contributed by atoms with Crippen molar-refractivity contribution in [1.82, 2.24) is 9.97 Å². The number of hydrogen-bond acceptors (Lipinski definition) is 5. The third-order valence-corrected chi connectivity index (χ3v) is 3.34. The lowest BCUT2D eigenvalue weighted by Gasteiger charge is -2.35. The van der Waals surface area contributed by atoms with Crippen molar-refractivity contribution in [3.63, 3.8) is 0 Å². The smallest absolute Gasteiger partial charge is 0.240 e. The van der Waals surface area contributed by atoms with Gasteiger partial charge in [-0.2, -0.15) is 0 Å². The number of rotatable bonds is 3. The molecule has 0 aliphatic carbocycles. The SMILES string of the molecule is NC(=O)C1CCCCN1c1ncnc(Cl)c1C=O. The molecular formula is C11H13ClN4O2.